The predicted octanol–water partition coefficient (Wildman–Crippen LogP) is 3.72. The number of para-hydroxylation sites is 1. The highest BCUT2D eigenvalue weighted by molar-refractivity contribution is 7.96. The van der Waals surface area contributed by atoms with Gasteiger partial charge < -0.3 is 0 Å². The Morgan fingerprint density at radius 1 is 1.04 bits per heavy atom. The number of nitrogens with one attached hydrogen (secondary N) is 1. The highest BCUT2D eigenvalue weighted by Gasteiger charge is 2.30. The van der Waals surface area contributed by atoms with Gasteiger partial charge in [-0.2, -0.15) is 8.42 Å². The van der Waals surface area contributed by atoms with Crippen LogP contribution in [0, 0.1) is 5.41 Å². The molecule has 2 heterocycles. The smallest absolute Gasteiger partial charge is 0.277 e. The first-order chi connectivity index (χ1) is 11.4. The first kappa shape index (κ1) is 16.3. The molecular weight excluding hydrogens is 322 g/mol. The highest BCUT2D eigenvalue weighted by atomic mass is 32.2. The van der Waals surface area contributed by atoms with Crippen LogP contribution in [0.5, 0.6) is 0 Å². The first-order valence-electron chi connectivity index (χ1n) is 7.58. The molecule has 2 aromatic rings. The lowest BCUT2D eigenvalue weighted by Crippen LogP contribution is -2.32. The molecule has 0 amide bonds. The van der Waals surface area contributed by atoms with Crippen LogP contribution < -0.4 is 9.62 Å². The summed E-state index contributed by atoms with van der Waals surface area (Å²) in [6.45, 7) is 3.91. The van der Waals surface area contributed by atoms with E-state index in [9.17, 15) is 8.42 Å². The monoisotopic (exact) mass is 341 g/mol. The standard InChI is InChI=1S/C18H19N3O2S/c1-18(2)11-13-21(16-10-6-7-12-19-16)17(14-18)24(22,23)20-15-8-4-3-5-9-15/h3-14,20H,1-2H3. The maximum Gasteiger partial charge on any atom is 0.277 e. The zero-order valence-electron chi connectivity index (χ0n) is 13.5. The molecule has 5 nitrogen and oxygen atoms in total. The topological polar surface area (TPSA) is 62.3 Å². The lowest BCUT2D eigenvalue weighted by atomic mass is 9.92. The third-order valence-corrected chi connectivity index (χ3v) is 4.95. The van der Waals surface area contributed by atoms with Gasteiger partial charge in [0.15, 0.2) is 5.03 Å². The number of hydrogen-bond donors (Lipinski definition) is 1. The third-order valence-electron chi connectivity index (χ3n) is 3.58. The first-order valence-corrected chi connectivity index (χ1v) is 9.06. The van der Waals surface area contributed by atoms with Gasteiger partial charge in [-0.1, -0.05) is 44.2 Å². The zero-order valence-corrected chi connectivity index (χ0v) is 14.4. The van der Waals surface area contributed by atoms with Gasteiger partial charge in [-0.25, -0.2) is 4.98 Å². The summed E-state index contributed by atoms with van der Waals surface area (Å²) in [4.78, 5) is 5.84. The van der Waals surface area contributed by atoms with E-state index in [4.69, 9.17) is 0 Å². The van der Waals surface area contributed by atoms with Crippen LogP contribution in [-0.2, 0) is 10.0 Å². The lowest BCUT2D eigenvalue weighted by Gasteiger charge is -2.30. The van der Waals surface area contributed by atoms with E-state index in [2.05, 4.69) is 9.71 Å². The van der Waals surface area contributed by atoms with E-state index in [0.29, 0.717) is 11.5 Å². The molecule has 0 spiro atoms. The molecule has 1 N–H and O–H groups in total. The number of anilines is 2. The second-order valence-electron chi connectivity index (χ2n) is 6.15. The van der Waals surface area contributed by atoms with Crippen LogP contribution >= 0.6 is 0 Å². The number of aromatic nitrogens is 1. The van der Waals surface area contributed by atoms with Crippen LogP contribution in [0.15, 0.2) is 78.1 Å². The number of rotatable bonds is 4. The van der Waals surface area contributed by atoms with E-state index < -0.39 is 10.0 Å². The molecule has 0 aliphatic carbocycles. The summed E-state index contributed by atoms with van der Waals surface area (Å²) >= 11 is 0. The van der Waals surface area contributed by atoms with Crippen LogP contribution in [-0.4, -0.2) is 13.4 Å². The summed E-state index contributed by atoms with van der Waals surface area (Å²) in [5, 5.41) is 0.164. The molecule has 1 aliphatic heterocycles. The molecule has 3 rings (SSSR count). The summed E-state index contributed by atoms with van der Waals surface area (Å²) < 4.78 is 28.5. The minimum Gasteiger partial charge on any atom is -0.291 e. The Morgan fingerprint density at radius 3 is 2.42 bits per heavy atom. The van der Waals surface area contributed by atoms with E-state index in [1.165, 1.54) is 0 Å². The van der Waals surface area contributed by atoms with Gasteiger partial charge in [-0.3, -0.25) is 9.62 Å². The molecule has 1 aliphatic rings. The number of allylic oxidation sites excluding steroid dienone is 2. The van der Waals surface area contributed by atoms with Crippen molar-refractivity contribution in [1.29, 1.82) is 0 Å². The van der Waals surface area contributed by atoms with Crippen molar-refractivity contribution in [1.82, 2.24) is 4.98 Å². The summed E-state index contributed by atoms with van der Waals surface area (Å²) in [6.07, 6.45) is 7.07. The normalized spacial score (nSPS) is 16.6. The molecule has 0 saturated carbocycles. The summed E-state index contributed by atoms with van der Waals surface area (Å²) in [6, 6.07) is 14.2. The molecule has 0 atom stereocenters. The Balaban J connectivity index is 2.02. The summed E-state index contributed by atoms with van der Waals surface area (Å²) in [5.41, 5.74) is 0.151. The molecule has 0 radical (unpaired) electrons. The van der Waals surface area contributed by atoms with Crippen molar-refractivity contribution < 1.29 is 8.42 Å². The Labute approximate surface area is 142 Å². The van der Waals surface area contributed by atoms with Gasteiger partial charge in [0.05, 0.1) is 0 Å². The number of pyridine rings is 1. The second-order valence-corrected chi connectivity index (χ2v) is 7.78. The molecule has 1 aromatic heterocycles. The second kappa shape index (κ2) is 6.13. The maximum atomic E-state index is 12.9. The molecule has 0 saturated heterocycles. The third kappa shape index (κ3) is 3.49. The van der Waals surface area contributed by atoms with Crippen LogP contribution in [0.25, 0.3) is 0 Å². The fourth-order valence-electron chi connectivity index (χ4n) is 2.38. The number of benzene rings is 1. The fraction of sp³-hybridized carbons (Fsp3) is 0.167. The van der Waals surface area contributed by atoms with Crippen molar-refractivity contribution in [2.45, 2.75) is 13.8 Å². The molecule has 0 bridgehead atoms. The zero-order chi connectivity index (χ0) is 17.2. The van der Waals surface area contributed by atoms with Crippen molar-refractivity contribution in [3.05, 3.63) is 78.1 Å². The van der Waals surface area contributed by atoms with Crippen molar-refractivity contribution in [3.63, 3.8) is 0 Å². The number of hydrogen-bond acceptors (Lipinski definition) is 4. The van der Waals surface area contributed by atoms with Crippen molar-refractivity contribution in [2.75, 3.05) is 9.62 Å². The van der Waals surface area contributed by atoms with Gasteiger partial charge >= 0.3 is 0 Å². The minimum absolute atomic E-state index is 0.164. The van der Waals surface area contributed by atoms with Gasteiger partial charge in [0.1, 0.15) is 5.82 Å². The van der Waals surface area contributed by atoms with Crippen molar-refractivity contribution in [3.8, 4) is 0 Å². The van der Waals surface area contributed by atoms with E-state index in [-0.39, 0.29) is 10.4 Å². The Hall–Kier alpha value is -2.60. The van der Waals surface area contributed by atoms with Gasteiger partial charge in [0.25, 0.3) is 10.0 Å². The molecule has 0 unspecified atom stereocenters. The quantitative estimate of drug-likeness (QED) is 0.920. The van der Waals surface area contributed by atoms with Crippen LogP contribution in [0.1, 0.15) is 13.8 Å². The van der Waals surface area contributed by atoms with Gasteiger partial charge in [0, 0.05) is 23.5 Å². The fourth-order valence-corrected chi connectivity index (χ4v) is 3.81. The molecule has 0 fully saturated rings. The molecule has 1 aromatic carbocycles. The Morgan fingerprint density at radius 2 is 1.75 bits per heavy atom. The van der Waals surface area contributed by atoms with E-state index in [0.717, 1.165) is 0 Å². The minimum atomic E-state index is -3.76. The van der Waals surface area contributed by atoms with Crippen LogP contribution in [0.3, 0.4) is 0 Å². The Kier molecular flexibility index (Phi) is 4.15. The lowest BCUT2D eigenvalue weighted by molar-refractivity contribution is 0.591. The average Bonchev–Trinajstić information content (AvgIpc) is 2.55. The van der Waals surface area contributed by atoms with E-state index in [1.54, 1.807) is 59.8 Å². The number of sulfonamides is 1. The Bertz CT molecular complexity index is 873. The van der Waals surface area contributed by atoms with Gasteiger partial charge in [-0.15, -0.1) is 0 Å². The van der Waals surface area contributed by atoms with Crippen molar-refractivity contribution in [2.24, 2.45) is 5.41 Å². The van der Waals surface area contributed by atoms with Gasteiger partial charge in [0.2, 0.25) is 0 Å². The maximum absolute atomic E-state index is 12.9. The molecule has 6 heteroatoms. The molecular formula is C18H19N3O2S. The van der Waals surface area contributed by atoms with E-state index >= 15 is 0 Å². The highest BCUT2D eigenvalue weighted by Crippen LogP contribution is 2.33. The SMILES string of the molecule is CC1(C)C=CN(c2ccccn2)C(S(=O)(=O)Nc2ccccc2)=C1. The predicted molar refractivity (Wildman–Crippen MR) is 96.7 cm³/mol. The van der Waals surface area contributed by atoms with E-state index in [1.807, 2.05) is 32.1 Å². The largest absolute Gasteiger partial charge is 0.291 e. The van der Waals surface area contributed by atoms with Crippen molar-refractivity contribution >= 4 is 21.5 Å². The molecule has 24 heavy (non-hydrogen) atoms. The van der Waals surface area contributed by atoms with Crippen LogP contribution in [0.4, 0.5) is 11.5 Å². The van der Waals surface area contributed by atoms with Crippen LogP contribution in [0.2, 0.25) is 0 Å². The summed E-state index contributed by atoms with van der Waals surface area (Å²) in [5.74, 6) is 0.550. The molecule has 124 valence electrons. The van der Waals surface area contributed by atoms with Gasteiger partial charge in [-0.05, 0) is 30.3 Å². The number of nitrogens with zero attached hydrogens (tertiary/aromatic N) is 2. The average molecular weight is 341 g/mol. The summed E-state index contributed by atoms with van der Waals surface area (Å²) in [7, 11) is -3.76.